The lowest BCUT2D eigenvalue weighted by Crippen LogP contribution is -2.40. The molecule has 3 unspecified atom stereocenters. The van der Waals surface area contributed by atoms with Gasteiger partial charge in [0, 0.05) is 11.5 Å². The van der Waals surface area contributed by atoms with Gasteiger partial charge in [-0.05, 0) is 44.7 Å². The molecule has 0 aromatic rings. The molecule has 3 fully saturated rings. The van der Waals surface area contributed by atoms with E-state index in [1.54, 1.807) is 0 Å². The highest BCUT2D eigenvalue weighted by molar-refractivity contribution is 5.70. The average molecular weight is 351 g/mol. The molecular weight excluding hydrogens is 312 g/mol. The van der Waals surface area contributed by atoms with Gasteiger partial charge >= 0.3 is 6.09 Å². The molecule has 144 valence electrons. The highest BCUT2D eigenvalue weighted by atomic mass is 16.6. The lowest BCUT2D eigenvalue weighted by molar-refractivity contribution is 0.0350. The van der Waals surface area contributed by atoms with Crippen LogP contribution in [0.1, 0.15) is 84.5 Å². The first-order valence-corrected chi connectivity index (χ1v) is 10.8. The van der Waals surface area contributed by atoms with Crippen LogP contribution in [0, 0.1) is 11.3 Å². The topological polar surface area (TPSA) is 41.6 Å². The van der Waals surface area contributed by atoms with Crippen molar-refractivity contribution in [3.8, 4) is 0 Å². The number of hydrogen-bond donors (Lipinski definition) is 1. The van der Waals surface area contributed by atoms with E-state index in [-0.39, 0.29) is 17.6 Å². The number of rotatable bonds is 2. The molecule has 0 aromatic carbocycles. The summed E-state index contributed by atoms with van der Waals surface area (Å²) in [5, 5.41) is 3.50. The zero-order valence-corrected chi connectivity index (χ0v) is 16.4. The second kappa shape index (κ2) is 8.75. The van der Waals surface area contributed by atoms with Crippen LogP contribution in [0.4, 0.5) is 4.79 Å². The van der Waals surface area contributed by atoms with E-state index in [4.69, 9.17) is 4.74 Å². The van der Waals surface area contributed by atoms with Gasteiger partial charge in [-0.3, -0.25) is 0 Å². The quantitative estimate of drug-likeness (QED) is 0.783. The molecule has 1 N–H and O–H groups in total. The number of nitrogens with one attached hydrogen (secondary N) is 1. The Bertz CT molecular complexity index is 430. The second-order valence-corrected chi connectivity index (χ2v) is 9.14. The first-order chi connectivity index (χ1) is 12.1. The van der Waals surface area contributed by atoms with Crippen LogP contribution in [0.15, 0.2) is 0 Å². The Morgan fingerprint density at radius 3 is 2.40 bits per heavy atom. The zero-order valence-electron chi connectivity index (χ0n) is 16.4. The van der Waals surface area contributed by atoms with Gasteiger partial charge in [-0.15, -0.1) is 0 Å². The number of amides is 1. The molecule has 0 spiro atoms. The van der Waals surface area contributed by atoms with Crippen molar-refractivity contribution in [1.82, 2.24) is 10.2 Å². The van der Waals surface area contributed by atoms with Gasteiger partial charge in [-0.25, -0.2) is 4.79 Å². The van der Waals surface area contributed by atoms with Crippen LogP contribution < -0.4 is 5.32 Å². The number of cyclic esters (lactones) is 1. The maximum Gasteiger partial charge on any atom is 0.410 e. The van der Waals surface area contributed by atoms with Gasteiger partial charge in [-0.1, -0.05) is 58.8 Å². The van der Waals surface area contributed by atoms with Crippen LogP contribution in [0.25, 0.3) is 0 Å². The van der Waals surface area contributed by atoms with Gasteiger partial charge in [0.2, 0.25) is 0 Å². The molecule has 4 nitrogen and oxygen atoms in total. The largest absolute Gasteiger partial charge is 0.444 e. The molecule has 2 heterocycles. The highest BCUT2D eigenvalue weighted by Crippen LogP contribution is 2.41. The normalized spacial score (nSPS) is 35.0. The van der Waals surface area contributed by atoms with Gasteiger partial charge in [0.25, 0.3) is 0 Å². The summed E-state index contributed by atoms with van der Waals surface area (Å²) in [7, 11) is 0. The van der Waals surface area contributed by atoms with E-state index in [0.29, 0.717) is 12.0 Å². The molecule has 25 heavy (non-hydrogen) atoms. The minimum absolute atomic E-state index is 0.0533. The number of carbonyl (C=O) groups is 1. The van der Waals surface area contributed by atoms with Crippen LogP contribution >= 0.6 is 0 Å². The first-order valence-electron chi connectivity index (χ1n) is 10.8. The predicted octanol–water partition coefficient (Wildman–Crippen LogP) is 4.73. The summed E-state index contributed by atoms with van der Waals surface area (Å²) in [6.45, 7) is 7.56. The Balaban J connectivity index is 1.64. The Kier molecular flexibility index (Phi) is 6.65. The third kappa shape index (κ3) is 4.90. The van der Waals surface area contributed by atoms with E-state index in [0.717, 1.165) is 32.5 Å². The Morgan fingerprint density at radius 2 is 1.72 bits per heavy atom. The average Bonchev–Trinajstić information content (AvgIpc) is 2.86. The number of carbonyl (C=O) groups excluding carboxylic acids is 1. The van der Waals surface area contributed by atoms with Crippen LogP contribution in [0.2, 0.25) is 0 Å². The molecule has 3 aliphatic rings. The summed E-state index contributed by atoms with van der Waals surface area (Å²) in [4.78, 5) is 14.7. The second-order valence-electron chi connectivity index (χ2n) is 9.14. The zero-order chi connectivity index (χ0) is 17.7. The monoisotopic (exact) mass is 350 g/mol. The van der Waals surface area contributed by atoms with Gasteiger partial charge in [0.1, 0.15) is 6.10 Å². The molecule has 4 heteroatoms. The van der Waals surface area contributed by atoms with Crippen molar-refractivity contribution in [3.05, 3.63) is 0 Å². The summed E-state index contributed by atoms with van der Waals surface area (Å²) in [5.74, 6) is 0.628. The molecule has 3 rings (SSSR count). The Morgan fingerprint density at radius 1 is 1.08 bits per heavy atom. The minimum Gasteiger partial charge on any atom is -0.444 e. The maximum atomic E-state index is 12.6. The van der Waals surface area contributed by atoms with E-state index in [1.165, 1.54) is 57.8 Å². The Labute approximate surface area is 154 Å². The molecular formula is C21H38N2O2. The molecule has 3 atom stereocenters. The van der Waals surface area contributed by atoms with E-state index in [1.807, 2.05) is 0 Å². The summed E-state index contributed by atoms with van der Waals surface area (Å²) in [5.41, 5.74) is 0.163. The maximum absolute atomic E-state index is 12.6. The Hall–Kier alpha value is -0.770. The SMILES string of the molecule is CC1CNCCC(N2CC(C3(C)CCCCCCCCC3)OC2=O)C1. The smallest absolute Gasteiger partial charge is 0.410 e. The standard InChI is InChI=1S/C21H38N2O2/c1-17-14-18(10-13-22-15-17)23-16-19(25-20(23)24)21(2)11-8-6-4-3-5-7-9-12-21/h17-19,22H,3-16H2,1-2H3. The number of nitrogens with zero attached hydrogens (tertiary/aromatic N) is 1. The fraction of sp³-hybridized carbons (Fsp3) is 0.952. The van der Waals surface area contributed by atoms with E-state index in [2.05, 4.69) is 24.1 Å². The fourth-order valence-corrected chi connectivity index (χ4v) is 5.10. The van der Waals surface area contributed by atoms with E-state index >= 15 is 0 Å². The molecule has 2 aliphatic heterocycles. The van der Waals surface area contributed by atoms with Crippen molar-refractivity contribution < 1.29 is 9.53 Å². The molecule has 0 radical (unpaired) electrons. The van der Waals surface area contributed by atoms with Crippen molar-refractivity contribution in [1.29, 1.82) is 0 Å². The lowest BCUT2D eigenvalue weighted by atomic mass is 9.74. The van der Waals surface area contributed by atoms with Gasteiger partial charge < -0.3 is 15.0 Å². The summed E-state index contributed by atoms with van der Waals surface area (Å²) < 4.78 is 5.98. The van der Waals surface area contributed by atoms with Crippen LogP contribution in [0.5, 0.6) is 0 Å². The van der Waals surface area contributed by atoms with Crippen molar-refractivity contribution in [2.75, 3.05) is 19.6 Å². The van der Waals surface area contributed by atoms with Crippen molar-refractivity contribution in [2.45, 2.75) is 96.6 Å². The number of ether oxygens (including phenoxy) is 1. The number of hydrogen-bond acceptors (Lipinski definition) is 3. The molecule has 0 aromatic heterocycles. The summed E-state index contributed by atoms with van der Waals surface area (Å²) in [6.07, 6.45) is 14.0. The van der Waals surface area contributed by atoms with Crippen LogP contribution in [-0.4, -0.2) is 42.8 Å². The summed E-state index contributed by atoms with van der Waals surface area (Å²) in [6, 6.07) is 0.352. The van der Waals surface area contributed by atoms with Crippen molar-refractivity contribution in [2.24, 2.45) is 11.3 Å². The fourth-order valence-electron chi connectivity index (χ4n) is 5.10. The van der Waals surface area contributed by atoms with Crippen molar-refractivity contribution >= 4 is 6.09 Å². The highest BCUT2D eigenvalue weighted by Gasteiger charge is 2.45. The van der Waals surface area contributed by atoms with Crippen LogP contribution in [-0.2, 0) is 4.74 Å². The third-order valence-electron chi connectivity index (χ3n) is 6.88. The molecule has 1 amide bonds. The van der Waals surface area contributed by atoms with Gasteiger partial charge in [-0.2, -0.15) is 0 Å². The van der Waals surface area contributed by atoms with E-state index in [9.17, 15) is 4.79 Å². The third-order valence-corrected chi connectivity index (χ3v) is 6.88. The molecule has 0 bridgehead atoms. The van der Waals surface area contributed by atoms with Gasteiger partial charge in [0.15, 0.2) is 0 Å². The molecule has 2 saturated heterocycles. The lowest BCUT2D eigenvalue weighted by Gasteiger charge is -2.35. The van der Waals surface area contributed by atoms with E-state index < -0.39 is 0 Å². The molecule has 1 saturated carbocycles. The predicted molar refractivity (Wildman–Crippen MR) is 102 cm³/mol. The molecule has 1 aliphatic carbocycles. The first kappa shape index (κ1) is 19.0. The summed E-state index contributed by atoms with van der Waals surface area (Å²) >= 11 is 0. The van der Waals surface area contributed by atoms with Gasteiger partial charge in [0.05, 0.1) is 6.54 Å². The van der Waals surface area contributed by atoms with Crippen molar-refractivity contribution in [3.63, 3.8) is 0 Å². The minimum atomic E-state index is -0.0533. The van der Waals surface area contributed by atoms with Crippen LogP contribution in [0.3, 0.4) is 0 Å².